The molecule has 0 atom stereocenters. The van der Waals surface area contributed by atoms with Crippen molar-refractivity contribution in [3.05, 3.63) is 45.9 Å². The second-order valence-electron chi connectivity index (χ2n) is 3.63. The van der Waals surface area contributed by atoms with E-state index < -0.39 is 0 Å². The highest BCUT2D eigenvalue weighted by molar-refractivity contribution is 5.44. The number of H-pyrrole nitrogens is 1. The standard InChI is InChI=1S/C11H13N3O/c1-7-3-5-9(6-4-7)14-11(15)10(12)8(2)13-14/h3-6,13H,12H2,1-2H3. The lowest BCUT2D eigenvalue weighted by atomic mass is 10.2. The molecule has 0 fully saturated rings. The Morgan fingerprint density at radius 1 is 1.20 bits per heavy atom. The Hall–Kier alpha value is -1.97. The molecular formula is C11H13N3O. The maximum atomic E-state index is 11.7. The fourth-order valence-electron chi connectivity index (χ4n) is 1.44. The van der Waals surface area contributed by atoms with E-state index in [0.29, 0.717) is 5.69 Å². The molecule has 0 bridgehead atoms. The van der Waals surface area contributed by atoms with Crippen molar-refractivity contribution in [1.29, 1.82) is 0 Å². The van der Waals surface area contributed by atoms with Crippen LogP contribution in [0, 0.1) is 13.8 Å². The van der Waals surface area contributed by atoms with Gasteiger partial charge in [0.25, 0.3) is 5.56 Å². The Bertz CT molecular complexity index is 534. The van der Waals surface area contributed by atoms with E-state index in [1.54, 1.807) is 6.92 Å². The van der Waals surface area contributed by atoms with Crippen LogP contribution in [-0.2, 0) is 0 Å². The van der Waals surface area contributed by atoms with Crippen molar-refractivity contribution < 1.29 is 0 Å². The Kier molecular flexibility index (Phi) is 2.11. The average molecular weight is 203 g/mol. The Balaban J connectivity index is 2.59. The monoisotopic (exact) mass is 203 g/mol. The Morgan fingerprint density at radius 3 is 2.27 bits per heavy atom. The number of aromatic amines is 1. The molecule has 78 valence electrons. The number of nitrogen functional groups attached to an aromatic ring is 1. The van der Waals surface area contributed by atoms with Gasteiger partial charge >= 0.3 is 0 Å². The SMILES string of the molecule is Cc1ccc(-n2[nH]c(C)c(N)c2=O)cc1. The molecule has 0 aliphatic rings. The summed E-state index contributed by atoms with van der Waals surface area (Å²) in [4.78, 5) is 11.7. The molecule has 1 aromatic heterocycles. The summed E-state index contributed by atoms with van der Waals surface area (Å²) in [5, 5.41) is 2.93. The number of aromatic nitrogens is 2. The fraction of sp³-hybridized carbons (Fsp3) is 0.182. The van der Waals surface area contributed by atoms with E-state index in [1.807, 2.05) is 31.2 Å². The zero-order valence-electron chi connectivity index (χ0n) is 8.74. The van der Waals surface area contributed by atoms with Crippen LogP contribution in [0.4, 0.5) is 5.69 Å². The third-order valence-electron chi connectivity index (χ3n) is 2.41. The fourth-order valence-corrected chi connectivity index (χ4v) is 1.44. The first-order valence-electron chi connectivity index (χ1n) is 4.73. The van der Waals surface area contributed by atoms with Gasteiger partial charge in [-0.05, 0) is 26.0 Å². The van der Waals surface area contributed by atoms with Crippen molar-refractivity contribution in [3.8, 4) is 5.69 Å². The van der Waals surface area contributed by atoms with E-state index in [4.69, 9.17) is 5.73 Å². The third kappa shape index (κ3) is 1.54. The molecule has 4 heteroatoms. The van der Waals surface area contributed by atoms with E-state index in [2.05, 4.69) is 5.10 Å². The van der Waals surface area contributed by atoms with E-state index >= 15 is 0 Å². The summed E-state index contributed by atoms with van der Waals surface area (Å²) in [6, 6.07) is 7.67. The summed E-state index contributed by atoms with van der Waals surface area (Å²) in [6.07, 6.45) is 0. The first-order valence-corrected chi connectivity index (χ1v) is 4.73. The van der Waals surface area contributed by atoms with Crippen LogP contribution in [0.1, 0.15) is 11.3 Å². The lowest BCUT2D eigenvalue weighted by Crippen LogP contribution is -2.16. The topological polar surface area (TPSA) is 63.8 Å². The largest absolute Gasteiger partial charge is 0.393 e. The van der Waals surface area contributed by atoms with Crippen molar-refractivity contribution in [2.75, 3.05) is 5.73 Å². The highest BCUT2D eigenvalue weighted by Gasteiger charge is 2.07. The number of rotatable bonds is 1. The van der Waals surface area contributed by atoms with Crippen LogP contribution < -0.4 is 11.3 Å². The van der Waals surface area contributed by atoms with Crippen molar-refractivity contribution >= 4 is 5.69 Å². The zero-order valence-corrected chi connectivity index (χ0v) is 8.74. The minimum atomic E-state index is -0.198. The second kappa shape index (κ2) is 3.31. The normalized spacial score (nSPS) is 10.5. The summed E-state index contributed by atoms with van der Waals surface area (Å²) in [5.41, 5.74) is 8.33. The molecule has 3 N–H and O–H groups in total. The lowest BCUT2D eigenvalue weighted by Gasteiger charge is -2.01. The highest BCUT2D eigenvalue weighted by atomic mass is 16.1. The predicted octanol–water partition coefficient (Wildman–Crippen LogP) is 1.36. The maximum Gasteiger partial charge on any atom is 0.294 e. The van der Waals surface area contributed by atoms with E-state index in [0.717, 1.165) is 11.3 Å². The van der Waals surface area contributed by atoms with Gasteiger partial charge in [0.15, 0.2) is 0 Å². The number of hydrogen-bond donors (Lipinski definition) is 2. The number of aryl methyl sites for hydroxylation is 2. The Labute approximate surface area is 87.3 Å². The second-order valence-corrected chi connectivity index (χ2v) is 3.63. The van der Waals surface area contributed by atoms with Gasteiger partial charge in [-0.25, -0.2) is 4.68 Å². The van der Waals surface area contributed by atoms with Gasteiger partial charge < -0.3 is 5.73 Å². The molecular weight excluding hydrogens is 190 g/mol. The summed E-state index contributed by atoms with van der Waals surface area (Å²) >= 11 is 0. The highest BCUT2D eigenvalue weighted by Crippen LogP contribution is 2.09. The van der Waals surface area contributed by atoms with Crippen molar-refractivity contribution in [2.45, 2.75) is 13.8 Å². The van der Waals surface area contributed by atoms with Crippen LogP contribution in [0.15, 0.2) is 29.1 Å². The van der Waals surface area contributed by atoms with Crippen LogP contribution in [0.5, 0.6) is 0 Å². The van der Waals surface area contributed by atoms with Crippen molar-refractivity contribution in [1.82, 2.24) is 9.78 Å². The summed E-state index contributed by atoms with van der Waals surface area (Å²) in [6.45, 7) is 3.78. The number of anilines is 1. The number of nitrogens with zero attached hydrogens (tertiary/aromatic N) is 1. The van der Waals surface area contributed by atoms with Gasteiger partial charge in [-0.15, -0.1) is 0 Å². The minimum Gasteiger partial charge on any atom is -0.393 e. The molecule has 0 unspecified atom stereocenters. The zero-order chi connectivity index (χ0) is 11.0. The van der Waals surface area contributed by atoms with Gasteiger partial charge in [0, 0.05) is 0 Å². The summed E-state index contributed by atoms with van der Waals surface area (Å²) in [5.74, 6) is 0. The number of nitrogens with one attached hydrogen (secondary N) is 1. The molecule has 0 saturated heterocycles. The first kappa shape index (κ1) is 9.58. The van der Waals surface area contributed by atoms with Gasteiger partial charge in [-0.3, -0.25) is 9.89 Å². The molecule has 2 aromatic rings. The maximum absolute atomic E-state index is 11.7. The molecule has 15 heavy (non-hydrogen) atoms. The molecule has 1 aromatic carbocycles. The van der Waals surface area contributed by atoms with Crippen LogP contribution in [-0.4, -0.2) is 9.78 Å². The summed E-state index contributed by atoms with van der Waals surface area (Å²) < 4.78 is 1.45. The first-order chi connectivity index (χ1) is 7.09. The number of hydrogen-bond acceptors (Lipinski definition) is 2. The minimum absolute atomic E-state index is 0.198. The van der Waals surface area contributed by atoms with E-state index in [-0.39, 0.29) is 11.2 Å². The molecule has 0 aliphatic carbocycles. The van der Waals surface area contributed by atoms with Gasteiger partial charge in [-0.1, -0.05) is 17.7 Å². The van der Waals surface area contributed by atoms with Gasteiger partial charge in [0.05, 0.1) is 11.4 Å². The average Bonchev–Trinajstić information content (AvgIpc) is 2.47. The Morgan fingerprint density at radius 2 is 1.80 bits per heavy atom. The smallest absolute Gasteiger partial charge is 0.294 e. The van der Waals surface area contributed by atoms with Gasteiger partial charge in [0.1, 0.15) is 5.69 Å². The molecule has 2 rings (SSSR count). The van der Waals surface area contributed by atoms with E-state index in [1.165, 1.54) is 4.68 Å². The molecule has 0 radical (unpaired) electrons. The van der Waals surface area contributed by atoms with Gasteiger partial charge in [0.2, 0.25) is 0 Å². The molecule has 0 saturated carbocycles. The number of benzene rings is 1. The molecule has 4 nitrogen and oxygen atoms in total. The molecule has 1 heterocycles. The van der Waals surface area contributed by atoms with Crippen LogP contribution in [0.3, 0.4) is 0 Å². The number of nitrogens with two attached hydrogens (primary N) is 1. The van der Waals surface area contributed by atoms with Crippen LogP contribution in [0.25, 0.3) is 5.69 Å². The third-order valence-corrected chi connectivity index (χ3v) is 2.41. The van der Waals surface area contributed by atoms with Crippen molar-refractivity contribution in [2.24, 2.45) is 0 Å². The van der Waals surface area contributed by atoms with Crippen molar-refractivity contribution in [3.63, 3.8) is 0 Å². The predicted molar refractivity (Wildman–Crippen MR) is 60.3 cm³/mol. The van der Waals surface area contributed by atoms with Crippen LogP contribution in [0.2, 0.25) is 0 Å². The van der Waals surface area contributed by atoms with E-state index in [9.17, 15) is 4.79 Å². The summed E-state index contributed by atoms with van der Waals surface area (Å²) in [7, 11) is 0. The molecule has 0 aliphatic heterocycles. The molecule has 0 spiro atoms. The van der Waals surface area contributed by atoms with Crippen LogP contribution >= 0.6 is 0 Å². The lowest BCUT2D eigenvalue weighted by molar-refractivity contribution is 0.835. The van der Waals surface area contributed by atoms with Gasteiger partial charge in [-0.2, -0.15) is 0 Å². The molecule has 0 amide bonds. The quantitative estimate of drug-likeness (QED) is 0.735.